The number of benzene rings is 1. The first kappa shape index (κ1) is 16.9. The van der Waals surface area contributed by atoms with E-state index in [-0.39, 0.29) is 36.4 Å². The number of fused-ring (bicyclic) bond motifs is 1. The molecular weight excluding hydrogens is 352 g/mol. The van der Waals surface area contributed by atoms with Gasteiger partial charge in [-0.25, -0.2) is 8.42 Å². The summed E-state index contributed by atoms with van der Waals surface area (Å²) in [5, 5.41) is 7.26. The molecule has 0 unspecified atom stereocenters. The second kappa shape index (κ2) is 6.54. The van der Waals surface area contributed by atoms with Crippen LogP contribution in [0, 0.1) is 0 Å². The van der Waals surface area contributed by atoms with Crippen molar-refractivity contribution in [2.24, 2.45) is 0 Å². The Bertz CT molecular complexity index is 848. The van der Waals surface area contributed by atoms with Gasteiger partial charge in [0.05, 0.1) is 29.6 Å². The van der Waals surface area contributed by atoms with Crippen LogP contribution in [0.15, 0.2) is 41.4 Å². The molecule has 24 heavy (non-hydrogen) atoms. The van der Waals surface area contributed by atoms with E-state index in [1.807, 2.05) is 0 Å². The van der Waals surface area contributed by atoms with E-state index in [1.165, 1.54) is 16.4 Å². The van der Waals surface area contributed by atoms with Gasteiger partial charge in [0.1, 0.15) is 0 Å². The average Bonchev–Trinajstić information content (AvgIpc) is 3.04. The number of aromatic nitrogens is 2. The quantitative estimate of drug-likeness (QED) is 0.884. The molecule has 1 amide bonds. The normalized spacial score (nSPS) is 18.2. The maximum atomic E-state index is 12.9. The highest BCUT2D eigenvalue weighted by Crippen LogP contribution is 2.28. The molecule has 1 aliphatic rings. The van der Waals surface area contributed by atoms with Crippen molar-refractivity contribution in [2.75, 3.05) is 13.6 Å². The topological polar surface area (TPSA) is 84.3 Å². The van der Waals surface area contributed by atoms with Crippen molar-refractivity contribution in [3.63, 3.8) is 0 Å². The third kappa shape index (κ3) is 3.17. The number of nitrogens with zero attached hydrogens (tertiary/aromatic N) is 3. The standard InChI is InChI=1S/C15H17ClN4O3S/c1-17-15(21)8-13-10-19(9-12-6-7-18-20(12)13)24(22,23)14-4-2-11(16)3-5-14/h2-7,13H,8-10H2,1H3,(H,17,21)/t13-/m1/s1. The van der Waals surface area contributed by atoms with Crippen LogP contribution >= 0.6 is 11.6 Å². The van der Waals surface area contributed by atoms with E-state index in [0.29, 0.717) is 5.02 Å². The molecule has 1 N–H and O–H groups in total. The first-order chi connectivity index (χ1) is 11.4. The van der Waals surface area contributed by atoms with E-state index in [2.05, 4.69) is 10.4 Å². The lowest BCUT2D eigenvalue weighted by molar-refractivity contribution is -0.121. The molecule has 128 valence electrons. The molecule has 1 atom stereocenters. The molecule has 1 aliphatic heterocycles. The van der Waals surface area contributed by atoms with E-state index >= 15 is 0 Å². The van der Waals surface area contributed by atoms with Gasteiger partial charge in [0.2, 0.25) is 15.9 Å². The number of sulfonamides is 1. The summed E-state index contributed by atoms with van der Waals surface area (Å²) in [6.07, 6.45) is 1.78. The first-order valence-electron chi connectivity index (χ1n) is 7.40. The van der Waals surface area contributed by atoms with Gasteiger partial charge >= 0.3 is 0 Å². The van der Waals surface area contributed by atoms with Gasteiger partial charge < -0.3 is 5.32 Å². The van der Waals surface area contributed by atoms with Crippen molar-refractivity contribution in [1.29, 1.82) is 0 Å². The third-order valence-corrected chi connectivity index (χ3v) is 6.08. The summed E-state index contributed by atoms with van der Waals surface area (Å²) >= 11 is 5.83. The summed E-state index contributed by atoms with van der Waals surface area (Å²) < 4.78 is 28.9. The molecule has 9 heteroatoms. The number of hydrogen-bond donors (Lipinski definition) is 1. The van der Waals surface area contributed by atoms with Gasteiger partial charge in [-0.3, -0.25) is 9.48 Å². The van der Waals surface area contributed by atoms with E-state index in [0.717, 1.165) is 5.69 Å². The maximum absolute atomic E-state index is 12.9. The highest BCUT2D eigenvalue weighted by molar-refractivity contribution is 7.89. The molecule has 2 heterocycles. The molecule has 7 nitrogen and oxygen atoms in total. The lowest BCUT2D eigenvalue weighted by atomic mass is 10.1. The SMILES string of the molecule is CNC(=O)C[C@@H]1CN(S(=O)(=O)c2ccc(Cl)cc2)Cc2ccnn21. The van der Waals surface area contributed by atoms with Crippen molar-refractivity contribution in [2.45, 2.75) is 23.9 Å². The van der Waals surface area contributed by atoms with Crippen molar-refractivity contribution < 1.29 is 13.2 Å². The zero-order chi connectivity index (χ0) is 17.3. The highest BCUT2D eigenvalue weighted by atomic mass is 35.5. The van der Waals surface area contributed by atoms with Crippen molar-refractivity contribution in [3.8, 4) is 0 Å². The molecule has 0 saturated heterocycles. The minimum absolute atomic E-state index is 0.160. The van der Waals surface area contributed by atoms with Crippen LogP contribution in [-0.4, -0.2) is 42.0 Å². The molecule has 1 aromatic carbocycles. The summed E-state index contributed by atoms with van der Waals surface area (Å²) in [4.78, 5) is 11.9. The van der Waals surface area contributed by atoms with E-state index in [9.17, 15) is 13.2 Å². The molecule has 0 bridgehead atoms. The van der Waals surface area contributed by atoms with Crippen LogP contribution in [0.3, 0.4) is 0 Å². The van der Waals surface area contributed by atoms with Crippen LogP contribution in [-0.2, 0) is 21.4 Å². The monoisotopic (exact) mass is 368 g/mol. The molecule has 0 aliphatic carbocycles. The summed E-state index contributed by atoms with van der Waals surface area (Å²) in [5.74, 6) is -0.160. The largest absolute Gasteiger partial charge is 0.359 e. The molecule has 0 spiro atoms. The Hall–Kier alpha value is -1.90. The summed E-state index contributed by atoms with van der Waals surface area (Å²) in [7, 11) is -2.12. The fourth-order valence-corrected chi connectivity index (χ4v) is 4.33. The Balaban J connectivity index is 1.92. The lowest BCUT2D eigenvalue weighted by Crippen LogP contribution is -2.42. The average molecular weight is 369 g/mol. The number of carbonyl (C=O) groups excluding carboxylic acids is 1. The second-order valence-electron chi connectivity index (χ2n) is 5.55. The summed E-state index contributed by atoms with van der Waals surface area (Å²) in [5.41, 5.74) is 0.757. The summed E-state index contributed by atoms with van der Waals surface area (Å²) in [6.45, 7) is 0.405. The number of halogens is 1. The fourth-order valence-electron chi connectivity index (χ4n) is 2.76. The fraction of sp³-hybridized carbons (Fsp3) is 0.333. The number of amides is 1. The van der Waals surface area contributed by atoms with Gasteiger partial charge in [-0.15, -0.1) is 0 Å². The molecule has 2 aromatic rings. The van der Waals surface area contributed by atoms with Crippen LogP contribution in [0.4, 0.5) is 0 Å². The second-order valence-corrected chi connectivity index (χ2v) is 7.92. The van der Waals surface area contributed by atoms with Gasteiger partial charge in [-0.1, -0.05) is 11.6 Å². The Morgan fingerprint density at radius 1 is 1.33 bits per heavy atom. The Labute approximate surface area is 145 Å². The summed E-state index contributed by atoms with van der Waals surface area (Å²) in [6, 6.07) is 7.48. The van der Waals surface area contributed by atoms with E-state index in [1.54, 1.807) is 36.1 Å². The van der Waals surface area contributed by atoms with Gasteiger partial charge in [0.15, 0.2) is 0 Å². The molecular formula is C15H17ClN4O3S. The van der Waals surface area contributed by atoms with Crippen molar-refractivity contribution >= 4 is 27.5 Å². The van der Waals surface area contributed by atoms with Crippen LogP contribution in [0.2, 0.25) is 5.02 Å². The van der Waals surface area contributed by atoms with E-state index < -0.39 is 10.0 Å². The minimum Gasteiger partial charge on any atom is -0.359 e. The van der Waals surface area contributed by atoms with Gasteiger partial charge in [0, 0.05) is 24.8 Å². The first-order valence-corrected chi connectivity index (χ1v) is 9.22. The van der Waals surface area contributed by atoms with Gasteiger partial charge in [-0.05, 0) is 30.3 Å². The molecule has 1 aromatic heterocycles. The number of nitrogens with one attached hydrogen (secondary N) is 1. The van der Waals surface area contributed by atoms with E-state index in [4.69, 9.17) is 11.6 Å². The zero-order valence-electron chi connectivity index (χ0n) is 13.0. The smallest absolute Gasteiger partial charge is 0.243 e. The molecule has 0 fully saturated rings. The van der Waals surface area contributed by atoms with Gasteiger partial charge in [-0.2, -0.15) is 9.40 Å². The van der Waals surface area contributed by atoms with Crippen LogP contribution in [0.25, 0.3) is 0 Å². The predicted molar refractivity (Wildman–Crippen MR) is 89.0 cm³/mol. The Morgan fingerprint density at radius 3 is 2.71 bits per heavy atom. The third-order valence-electron chi connectivity index (χ3n) is 4.00. The van der Waals surface area contributed by atoms with Crippen molar-refractivity contribution in [3.05, 3.63) is 47.2 Å². The van der Waals surface area contributed by atoms with Crippen LogP contribution < -0.4 is 5.32 Å². The number of rotatable bonds is 4. The minimum atomic E-state index is -3.67. The van der Waals surface area contributed by atoms with Crippen molar-refractivity contribution in [1.82, 2.24) is 19.4 Å². The molecule has 0 saturated carbocycles. The zero-order valence-corrected chi connectivity index (χ0v) is 14.6. The molecule has 3 rings (SSSR count). The molecule has 0 radical (unpaired) electrons. The predicted octanol–water partition coefficient (Wildman–Crippen LogP) is 1.42. The lowest BCUT2D eigenvalue weighted by Gasteiger charge is -2.32. The van der Waals surface area contributed by atoms with Crippen LogP contribution in [0.1, 0.15) is 18.2 Å². The maximum Gasteiger partial charge on any atom is 0.243 e. The van der Waals surface area contributed by atoms with Crippen LogP contribution in [0.5, 0.6) is 0 Å². The number of carbonyl (C=O) groups is 1. The number of hydrogen-bond acceptors (Lipinski definition) is 4. The van der Waals surface area contributed by atoms with Gasteiger partial charge in [0.25, 0.3) is 0 Å². The Morgan fingerprint density at radius 2 is 2.04 bits per heavy atom. The Kier molecular flexibility index (Phi) is 4.62. The highest BCUT2D eigenvalue weighted by Gasteiger charge is 2.34.